The summed E-state index contributed by atoms with van der Waals surface area (Å²) in [5.74, 6) is 0.379. The molecule has 0 radical (unpaired) electrons. The highest BCUT2D eigenvalue weighted by molar-refractivity contribution is 5.82. The van der Waals surface area contributed by atoms with Crippen molar-refractivity contribution in [1.29, 1.82) is 0 Å². The summed E-state index contributed by atoms with van der Waals surface area (Å²) in [6, 6.07) is 0. The second-order valence-electron chi connectivity index (χ2n) is 7.99. The number of carbonyl (C=O) groups is 1. The van der Waals surface area contributed by atoms with Crippen LogP contribution < -0.4 is 0 Å². The summed E-state index contributed by atoms with van der Waals surface area (Å²) in [6.07, 6.45) is 9.86. The largest absolute Gasteiger partial charge is 0.458 e. The number of ether oxygens (including phenoxy) is 1. The van der Waals surface area contributed by atoms with E-state index >= 15 is 0 Å². The van der Waals surface area contributed by atoms with Crippen molar-refractivity contribution in [2.75, 3.05) is 19.6 Å². The molecule has 0 amide bonds. The molecule has 1 aliphatic carbocycles. The third kappa shape index (κ3) is 3.63. The van der Waals surface area contributed by atoms with Gasteiger partial charge in [0.15, 0.2) is 5.60 Å². The zero-order valence-corrected chi connectivity index (χ0v) is 14.5. The van der Waals surface area contributed by atoms with Gasteiger partial charge in [-0.05, 0) is 56.7 Å². The summed E-state index contributed by atoms with van der Waals surface area (Å²) >= 11 is 0. The fourth-order valence-corrected chi connectivity index (χ4v) is 4.35. The van der Waals surface area contributed by atoms with Gasteiger partial charge in [-0.1, -0.05) is 32.8 Å². The van der Waals surface area contributed by atoms with Gasteiger partial charge < -0.3 is 9.84 Å². The van der Waals surface area contributed by atoms with Gasteiger partial charge in [0.25, 0.3) is 0 Å². The molecule has 4 fully saturated rings. The van der Waals surface area contributed by atoms with E-state index in [-0.39, 0.29) is 12.0 Å². The van der Waals surface area contributed by atoms with E-state index in [9.17, 15) is 9.90 Å². The molecule has 3 aliphatic heterocycles. The molecule has 4 rings (SSSR count). The number of hydrogen-bond donors (Lipinski definition) is 1. The molecule has 1 saturated carbocycles. The first kappa shape index (κ1) is 17.0. The Morgan fingerprint density at radius 1 is 1.22 bits per heavy atom. The fourth-order valence-electron chi connectivity index (χ4n) is 4.35. The molecule has 2 atom stereocenters. The summed E-state index contributed by atoms with van der Waals surface area (Å²) < 4.78 is 5.85. The minimum Gasteiger partial charge on any atom is -0.458 e. The highest BCUT2D eigenvalue weighted by Crippen LogP contribution is 2.38. The van der Waals surface area contributed by atoms with Crippen molar-refractivity contribution in [2.24, 2.45) is 17.8 Å². The Morgan fingerprint density at radius 3 is 2.39 bits per heavy atom. The van der Waals surface area contributed by atoms with Crippen molar-refractivity contribution >= 4 is 5.97 Å². The standard InChI is InChI=1S/C19H31NO3/c1-14(2)7-10-19(22,16-5-3-4-6-16)18(21)23-17-13-20-11-8-15(17)9-12-20/h7,10,14-17,22H,3-6,8-9,11-13H2,1-2H3/b10-7-/t17-,19+/m1/s1. The second-order valence-corrected chi connectivity index (χ2v) is 7.99. The Hall–Kier alpha value is -0.870. The van der Waals surface area contributed by atoms with Gasteiger partial charge in [0.1, 0.15) is 6.10 Å². The molecule has 4 nitrogen and oxygen atoms in total. The number of hydrogen-bond acceptors (Lipinski definition) is 4. The van der Waals surface area contributed by atoms with Gasteiger partial charge in [0.2, 0.25) is 0 Å². The second kappa shape index (κ2) is 6.94. The van der Waals surface area contributed by atoms with Crippen molar-refractivity contribution in [3.05, 3.63) is 12.2 Å². The van der Waals surface area contributed by atoms with Crippen LogP contribution in [0.5, 0.6) is 0 Å². The molecule has 2 bridgehead atoms. The first-order chi connectivity index (χ1) is 11.0. The summed E-state index contributed by atoms with van der Waals surface area (Å²) in [7, 11) is 0. The van der Waals surface area contributed by atoms with E-state index in [1.807, 2.05) is 6.08 Å². The molecule has 4 aliphatic rings. The van der Waals surface area contributed by atoms with Crippen molar-refractivity contribution in [2.45, 2.75) is 64.1 Å². The van der Waals surface area contributed by atoms with Crippen molar-refractivity contribution < 1.29 is 14.6 Å². The first-order valence-corrected chi connectivity index (χ1v) is 9.34. The molecule has 3 saturated heterocycles. The predicted molar refractivity (Wildman–Crippen MR) is 89.9 cm³/mol. The molecule has 0 aromatic heterocycles. The quantitative estimate of drug-likeness (QED) is 0.625. The average Bonchev–Trinajstić information content (AvgIpc) is 3.08. The Bertz CT molecular complexity index is 448. The van der Waals surface area contributed by atoms with Gasteiger partial charge in [-0.15, -0.1) is 0 Å². The first-order valence-electron chi connectivity index (χ1n) is 9.34. The third-order valence-corrected chi connectivity index (χ3v) is 5.89. The van der Waals surface area contributed by atoms with E-state index in [1.165, 1.54) is 0 Å². The van der Waals surface area contributed by atoms with Crippen molar-refractivity contribution in [1.82, 2.24) is 4.90 Å². The molecule has 0 unspecified atom stereocenters. The Morgan fingerprint density at radius 2 is 1.87 bits per heavy atom. The summed E-state index contributed by atoms with van der Waals surface area (Å²) in [5.41, 5.74) is -1.44. The number of carbonyl (C=O) groups excluding carboxylic acids is 1. The summed E-state index contributed by atoms with van der Waals surface area (Å²) in [6.45, 7) is 7.21. The molecule has 0 aromatic carbocycles. The van der Waals surface area contributed by atoms with E-state index in [0.717, 1.165) is 58.2 Å². The van der Waals surface area contributed by atoms with Crippen LogP contribution in [0.25, 0.3) is 0 Å². The molecular weight excluding hydrogens is 290 g/mol. The van der Waals surface area contributed by atoms with Crippen LogP contribution in [0.3, 0.4) is 0 Å². The van der Waals surface area contributed by atoms with Gasteiger partial charge in [-0.25, -0.2) is 4.79 Å². The van der Waals surface area contributed by atoms with E-state index in [1.54, 1.807) is 6.08 Å². The van der Waals surface area contributed by atoms with Crippen molar-refractivity contribution in [3.63, 3.8) is 0 Å². The lowest BCUT2D eigenvalue weighted by Gasteiger charge is -2.44. The highest BCUT2D eigenvalue weighted by atomic mass is 16.6. The fraction of sp³-hybridized carbons (Fsp3) is 0.842. The predicted octanol–water partition coefficient (Wildman–Crippen LogP) is 2.76. The number of fused-ring (bicyclic) bond motifs is 3. The van der Waals surface area contributed by atoms with Gasteiger partial charge in [0, 0.05) is 12.5 Å². The normalized spacial score (nSPS) is 34.2. The van der Waals surface area contributed by atoms with Crippen LogP contribution >= 0.6 is 0 Å². The van der Waals surface area contributed by atoms with Crippen LogP contribution in [0, 0.1) is 17.8 Å². The SMILES string of the molecule is CC(C)/C=C\[C@@](O)(C(=O)O[C@@H]1CN2CCC1CC2)C1CCCC1. The average molecular weight is 321 g/mol. The zero-order valence-electron chi connectivity index (χ0n) is 14.5. The van der Waals surface area contributed by atoms with E-state index < -0.39 is 11.6 Å². The van der Waals surface area contributed by atoms with Gasteiger partial charge in [-0.3, -0.25) is 4.90 Å². The minimum absolute atomic E-state index is 0.00563. The molecule has 3 heterocycles. The third-order valence-electron chi connectivity index (χ3n) is 5.89. The lowest BCUT2D eigenvalue weighted by atomic mass is 9.83. The molecule has 4 heteroatoms. The number of rotatable bonds is 5. The van der Waals surface area contributed by atoms with Gasteiger partial charge >= 0.3 is 5.97 Å². The Balaban J connectivity index is 1.72. The maximum Gasteiger partial charge on any atom is 0.342 e. The van der Waals surface area contributed by atoms with Gasteiger partial charge in [-0.2, -0.15) is 0 Å². The number of esters is 1. The molecule has 1 N–H and O–H groups in total. The molecule has 23 heavy (non-hydrogen) atoms. The monoisotopic (exact) mass is 321 g/mol. The maximum absolute atomic E-state index is 12.9. The van der Waals surface area contributed by atoms with Crippen LogP contribution in [0.1, 0.15) is 52.4 Å². The lowest BCUT2D eigenvalue weighted by molar-refractivity contribution is -0.180. The van der Waals surface area contributed by atoms with Crippen LogP contribution in [0.2, 0.25) is 0 Å². The number of piperidine rings is 3. The zero-order chi connectivity index (χ0) is 16.4. The van der Waals surface area contributed by atoms with E-state index in [0.29, 0.717) is 11.8 Å². The van der Waals surface area contributed by atoms with E-state index in [2.05, 4.69) is 18.7 Å². The highest BCUT2D eigenvalue weighted by Gasteiger charge is 2.46. The van der Waals surface area contributed by atoms with E-state index in [4.69, 9.17) is 4.74 Å². The topological polar surface area (TPSA) is 49.8 Å². The lowest BCUT2D eigenvalue weighted by Crippen LogP contribution is -2.54. The number of allylic oxidation sites excluding steroid dienone is 1. The Labute approximate surface area is 139 Å². The number of aliphatic hydroxyl groups is 1. The number of nitrogens with zero attached hydrogens (tertiary/aromatic N) is 1. The summed E-state index contributed by atoms with van der Waals surface area (Å²) in [5, 5.41) is 11.2. The van der Waals surface area contributed by atoms with Crippen LogP contribution in [0.15, 0.2) is 12.2 Å². The maximum atomic E-state index is 12.9. The smallest absolute Gasteiger partial charge is 0.342 e. The van der Waals surface area contributed by atoms with Crippen LogP contribution in [0.4, 0.5) is 0 Å². The van der Waals surface area contributed by atoms with Gasteiger partial charge in [0.05, 0.1) is 0 Å². The summed E-state index contributed by atoms with van der Waals surface area (Å²) in [4.78, 5) is 15.2. The van der Waals surface area contributed by atoms with Crippen molar-refractivity contribution in [3.8, 4) is 0 Å². The van der Waals surface area contributed by atoms with Crippen LogP contribution in [-0.2, 0) is 9.53 Å². The molecule has 0 spiro atoms. The minimum atomic E-state index is -1.44. The molecule has 130 valence electrons. The Kier molecular flexibility index (Phi) is 5.12. The molecule has 0 aromatic rings. The van der Waals surface area contributed by atoms with Crippen LogP contribution in [-0.4, -0.2) is 47.3 Å². The molecular formula is C19H31NO3.